The smallest absolute Gasteiger partial charge is 0.258 e. The maximum absolute atomic E-state index is 13.1. The number of hydrogen-bond acceptors (Lipinski definition) is 4. The Morgan fingerprint density at radius 2 is 2.00 bits per heavy atom. The third-order valence-electron chi connectivity index (χ3n) is 5.20. The maximum Gasteiger partial charge on any atom is 0.258 e. The second-order valence-electron chi connectivity index (χ2n) is 6.96. The number of likely N-dealkylation sites (tertiary alicyclic amines) is 1. The number of nitrogens with one attached hydrogen (secondary N) is 1. The van der Waals surface area contributed by atoms with Gasteiger partial charge in [0.2, 0.25) is 5.91 Å². The maximum atomic E-state index is 13.1. The van der Waals surface area contributed by atoms with Crippen LogP contribution in [-0.4, -0.2) is 41.0 Å². The van der Waals surface area contributed by atoms with Gasteiger partial charge in [-0.15, -0.1) is 11.3 Å². The Kier molecular flexibility index (Phi) is 5.30. The number of carbonyl (C=O) groups excluding carboxylic acids is 2. The molecular weight excluding hydrogens is 372 g/mol. The van der Waals surface area contributed by atoms with Gasteiger partial charge in [0.25, 0.3) is 5.91 Å². The number of aromatic hydroxyl groups is 1. The molecule has 28 heavy (non-hydrogen) atoms. The molecule has 1 aliphatic heterocycles. The Morgan fingerprint density at radius 1 is 1.14 bits per heavy atom. The Morgan fingerprint density at radius 3 is 2.82 bits per heavy atom. The highest BCUT2D eigenvalue weighted by Crippen LogP contribution is 2.31. The first-order valence-corrected chi connectivity index (χ1v) is 10.3. The van der Waals surface area contributed by atoms with Gasteiger partial charge in [-0.05, 0) is 42.2 Å². The van der Waals surface area contributed by atoms with Crippen molar-refractivity contribution in [3.05, 3.63) is 64.4 Å². The fourth-order valence-electron chi connectivity index (χ4n) is 3.75. The molecule has 144 valence electrons. The van der Waals surface area contributed by atoms with Gasteiger partial charge >= 0.3 is 0 Å². The van der Waals surface area contributed by atoms with E-state index >= 15 is 0 Å². The first kappa shape index (κ1) is 18.5. The first-order chi connectivity index (χ1) is 13.6. The van der Waals surface area contributed by atoms with Crippen molar-refractivity contribution in [2.45, 2.75) is 25.3 Å². The van der Waals surface area contributed by atoms with E-state index in [1.165, 1.54) is 4.88 Å². The summed E-state index contributed by atoms with van der Waals surface area (Å²) in [6.07, 6.45) is 2.21. The minimum Gasteiger partial charge on any atom is -0.506 e. The molecule has 3 aromatic rings. The monoisotopic (exact) mass is 394 g/mol. The Bertz CT molecular complexity index is 1000. The van der Waals surface area contributed by atoms with Gasteiger partial charge in [0.1, 0.15) is 11.8 Å². The van der Waals surface area contributed by atoms with E-state index in [-0.39, 0.29) is 23.1 Å². The van der Waals surface area contributed by atoms with Crippen molar-refractivity contribution >= 4 is 33.9 Å². The van der Waals surface area contributed by atoms with Crippen molar-refractivity contribution in [1.29, 1.82) is 0 Å². The average Bonchev–Trinajstić information content (AvgIpc) is 3.40. The second-order valence-corrected chi connectivity index (χ2v) is 7.99. The molecule has 0 aliphatic carbocycles. The van der Waals surface area contributed by atoms with E-state index in [0.717, 1.165) is 18.2 Å². The lowest BCUT2D eigenvalue weighted by atomic mass is 10.0. The Labute approximate surface area is 167 Å². The molecule has 1 aliphatic rings. The molecule has 2 N–H and O–H groups in total. The molecule has 0 spiro atoms. The highest BCUT2D eigenvalue weighted by Gasteiger charge is 2.35. The lowest BCUT2D eigenvalue weighted by Crippen LogP contribution is -2.46. The van der Waals surface area contributed by atoms with Crippen LogP contribution in [0.3, 0.4) is 0 Å². The van der Waals surface area contributed by atoms with Gasteiger partial charge in [-0.1, -0.05) is 36.4 Å². The predicted octanol–water partition coefficient (Wildman–Crippen LogP) is 3.57. The number of phenolic OH excluding ortho intramolecular Hbond substituents is 1. The zero-order valence-corrected chi connectivity index (χ0v) is 16.2. The second kappa shape index (κ2) is 8.02. The first-order valence-electron chi connectivity index (χ1n) is 9.47. The normalized spacial score (nSPS) is 16.4. The van der Waals surface area contributed by atoms with Crippen LogP contribution in [0.2, 0.25) is 0 Å². The van der Waals surface area contributed by atoms with Gasteiger partial charge in [0, 0.05) is 23.4 Å². The quantitative estimate of drug-likeness (QED) is 0.695. The number of hydrogen-bond donors (Lipinski definition) is 2. The van der Waals surface area contributed by atoms with Gasteiger partial charge in [-0.25, -0.2) is 0 Å². The van der Waals surface area contributed by atoms with Crippen molar-refractivity contribution in [2.75, 3.05) is 13.1 Å². The van der Waals surface area contributed by atoms with Gasteiger partial charge < -0.3 is 15.3 Å². The van der Waals surface area contributed by atoms with E-state index < -0.39 is 6.04 Å². The Balaban J connectivity index is 1.47. The number of rotatable bonds is 5. The average molecular weight is 394 g/mol. The van der Waals surface area contributed by atoms with Gasteiger partial charge in [0.05, 0.1) is 5.56 Å². The number of phenols is 1. The zero-order valence-electron chi connectivity index (χ0n) is 15.4. The number of benzene rings is 2. The molecular formula is C22H22N2O3S. The lowest BCUT2D eigenvalue weighted by molar-refractivity contribution is -0.124. The summed E-state index contributed by atoms with van der Waals surface area (Å²) in [5, 5.41) is 17.1. The molecule has 4 rings (SSSR count). The van der Waals surface area contributed by atoms with Crippen LogP contribution < -0.4 is 5.32 Å². The number of amides is 2. The van der Waals surface area contributed by atoms with E-state index in [0.29, 0.717) is 24.9 Å². The molecule has 1 saturated heterocycles. The van der Waals surface area contributed by atoms with Crippen LogP contribution in [0.25, 0.3) is 10.8 Å². The molecule has 2 amide bonds. The molecule has 1 unspecified atom stereocenters. The third-order valence-corrected chi connectivity index (χ3v) is 6.13. The summed E-state index contributed by atoms with van der Waals surface area (Å²) in [6.45, 7) is 1.08. The summed E-state index contributed by atoms with van der Waals surface area (Å²) < 4.78 is 0. The van der Waals surface area contributed by atoms with Crippen LogP contribution in [-0.2, 0) is 11.2 Å². The fourth-order valence-corrected chi connectivity index (χ4v) is 4.46. The molecule has 2 aromatic carbocycles. The van der Waals surface area contributed by atoms with Crippen molar-refractivity contribution < 1.29 is 14.7 Å². The van der Waals surface area contributed by atoms with Crippen LogP contribution in [0.4, 0.5) is 0 Å². The largest absolute Gasteiger partial charge is 0.506 e. The van der Waals surface area contributed by atoms with Crippen molar-refractivity contribution in [3.8, 4) is 5.75 Å². The fraction of sp³-hybridized carbons (Fsp3) is 0.273. The lowest BCUT2D eigenvalue weighted by Gasteiger charge is -2.24. The predicted molar refractivity (Wildman–Crippen MR) is 111 cm³/mol. The molecule has 1 fully saturated rings. The van der Waals surface area contributed by atoms with Crippen molar-refractivity contribution in [2.24, 2.45) is 0 Å². The summed E-state index contributed by atoms with van der Waals surface area (Å²) >= 11 is 1.67. The van der Waals surface area contributed by atoms with Crippen molar-refractivity contribution in [3.63, 3.8) is 0 Å². The van der Waals surface area contributed by atoms with Crippen LogP contribution in [0.1, 0.15) is 28.1 Å². The van der Waals surface area contributed by atoms with E-state index in [1.807, 2.05) is 41.8 Å². The van der Waals surface area contributed by atoms with E-state index in [9.17, 15) is 14.7 Å². The van der Waals surface area contributed by atoms with Gasteiger partial charge in [-0.2, -0.15) is 0 Å². The van der Waals surface area contributed by atoms with Crippen LogP contribution in [0.5, 0.6) is 5.75 Å². The van der Waals surface area contributed by atoms with Crippen molar-refractivity contribution in [1.82, 2.24) is 10.2 Å². The van der Waals surface area contributed by atoms with Crippen LogP contribution in [0, 0.1) is 0 Å². The SMILES string of the molecule is O=C(NCCc1cccs1)C1CCCN1C(=O)c1ccc2ccccc2c1O. The number of thiophene rings is 1. The Hall–Kier alpha value is -2.86. The summed E-state index contributed by atoms with van der Waals surface area (Å²) in [6, 6.07) is 14.4. The number of nitrogens with zero attached hydrogens (tertiary/aromatic N) is 1. The minimum atomic E-state index is -0.485. The van der Waals surface area contributed by atoms with E-state index in [4.69, 9.17) is 0 Å². The summed E-state index contributed by atoms with van der Waals surface area (Å²) in [5.74, 6) is -0.436. The molecule has 1 aromatic heterocycles. The molecule has 5 nitrogen and oxygen atoms in total. The zero-order chi connectivity index (χ0) is 19.5. The van der Waals surface area contributed by atoms with E-state index in [1.54, 1.807) is 28.4 Å². The highest BCUT2D eigenvalue weighted by molar-refractivity contribution is 7.09. The molecule has 1 atom stereocenters. The molecule has 6 heteroatoms. The van der Waals surface area contributed by atoms with Gasteiger partial charge in [-0.3, -0.25) is 9.59 Å². The molecule has 0 saturated carbocycles. The highest BCUT2D eigenvalue weighted by atomic mass is 32.1. The molecule has 2 heterocycles. The number of carbonyl (C=O) groups is 2. The van der Waals surface area contributed by atoms with Gasteiger partial charge in [0.15, 0.2) is 0 Å². The van der Waals surface area contributed by atoms with Crippen LogP contribution in [0.15, 0.2) is 53.9 Å². The topological polar surface area (TPSA) is 69.6 Å². The summed E-state index contributed by atoms with van der Waals surface area (Å²) in [7, 11) is 0. The van der Waals surface area contributed by atoms with E-state index in [2.05, 4.69) is 5.32 Å². The third kappa shape index (κ3) is 3.60. The van der Waals surface area contributed by atoms with Crippen LogP contribution >= 0.6 is 11.3 Å². The minimum absolute atomic E-state index is 0.0214. The number of fused-ring (bicyclic) bond motifs is 1. The summed E-state index contributed by atoms with van der Waals surface area (Å²) in [5.41, 5.74) is 0.247. The standard InChI is InChI=1S/C22H22N2O3S/c25-20-17-7-2-1-5-15(17)9-10-18(20)22(27)24-13-3-8-19(24)21(26)23-12-11-16-6-4-14-28-16/h1-2,4-7,9-10,14,19,25H,3,8,11-13H2,(H,23,26). The molecule has 0 bridgehead atoms. The molecule has 0 radical (unpaired) electrons. The summed E-state index contributed by atoms with van der Waals surface area (Å²) in [4.78, 5) is 28.5.